The van der Waals surface area contributed by atoms with Crippen LogP contribution in [0.15, 0.2) is 42.7 Å². The maximum Gasteiger partial charge on any atom is 0.423 e. The number of halogens is 4. The predicted molar refractivity (Wildman–Crippen MR) is 76.1 cm³/mol. The summed E-state index contributed by atoms with van der Waals surface area (Å²) < 4.78 is 60.4. The first-order valence-electron chi connectivity index (χ1n) is 6.70. The molecule has 0 aliphatic heterocycles. The Labute approximate surface area is 133 Å². The van der Waals surface area contributed by atoms with Crippen LogP contribution in [0, 0.1) is 5.82 Å². The van der Waals surface area contributed by atoms with Crippen molar-refractivity contribution in [1.82, 2.24) is 19.7 Å². The zero-order valence-corrected chi connectivity index (χ0v) is 12.3. The van der Waals surface area contributed by atoms with Crippen LogP contribution in [0.2, 0.25) is 0 Å². The summed E-state index contributed by atoms with van der Waals surface area (Å²) in [7, 11) is 1.05. The molecule has 0 atom stereocenters. The lowest BCUT2D eigenvalue weighted by atomic mass is 10.1. The van der Waals surface area contributed by atoms with Crippen LogP contribution >= 0.6 is 0 Å². The van der Waals surface area contributed by atoms with Crippen molar-refractivity contribution in [3.63, 3.8) is 0 Å². The van der Waals surface area contributed by atoms with Gasteiger partial charge in [0, 0.05) is 18.0 Å². The SMILES string of the molecule is COc1nc(-n2cccn2)nc(-c2ccccc2F)c1C(F)(F)F. The minimum absolute atomic E-state index is 0.164. The predicted octanol–water partition coefficient (Wildman–Crippen LogP) is 3.50. The monoisotopic (exact) mass is 338 g/mol. The van der Waals surface area contributed by atoms with E-state index in [1.54, 1.807) is 6.07 Å². The highest BCUT2D eigenvalue weighted by molar-refractivity contribution is 5.67. The number of hydrogen-bond donors (Lipinski definition) is 0. The number of aromatic nitrogens is 4. The second kappa shape index (κ2) is 5.91. The Morgan fingerprint density at radius 2 is 1.83 bits per heavy atom. The Morgan fingerprint density at radius 1 is 1.08 bits per heavy atom. The molecule has 1 aromatic carbocycles. The quantitative estimate of drug-likeness (QED) is 0.686. The van der Waals surface area contributed by atoms with Gasteiger partial charge in [-0.3, -0.25) is 0 Å². The van der Waals surface area contributed by atoms with Gasteiger partial charge >= 0.3 is 6.18 Å². The number of ether oxygens (including phenoxy) is 1. The summed E-state index contributed by atoms with van der Waals surface area (Å²) in [6.07, 6.45) is -1.96. The lowest BCUT2D eigenvalue weighted by molar-refractivity contribution is -0.138. The number of methoxy groups -OCH3 is 1. The number of benzene rings is 1. The summed E-state index contributed by atoms with van der Waals surface area (Å²) in [5, 5.41) is 3.87. The van der Waals surface area contributed by atoms with Crippen molar-refractivity contribution < 1.29 is 22.3 Å². The van der Waals surface area contributed by atoms with E-state index in [-0.39, 0.29) is 11.5 Å². The fourth-order valence-electron chi connectivity index (χ4n) is 2.17. The number of hydrogen-bond acceptors (Lipinski definition) is 4. The molecular weight excluding hydrogens is 328 g/mol. The Hall–Kier alpha value is -2.97. The molecule has 0 aliphatic rings. The van der Waals surface area contributed by atoms with E-state index in [1.165, 1.54) is 30.6 Å². The van der Waals surface area contributed by atoms with E-state index in [0.29, 0.717) is 0 Å². The summed E-state index contributed by atoms with van der Waals surface area (Å²) >= 11 is 0. The highest BCUT2D eigenvalue weighted by atomic mass is 19.4. The normalized spacial score (nSPS) is 11.5. The molecular formula is C15H10F4N4O. The van der Waals surface area contributed by atoms with Gasteiger partial charge in [-0.05, 0) is 18.2 Å². The maximum atomic E-state index is 14.1. The van der Waals surface area contributed by atoms with Crippen LogP contribution in [-0.4, -0.2) is 26.9 Å². The molecule has 0 saturated heterocycles. The van der Waals surface area contributed by atoms with Gasteiger partial charge in [0.15, 0.2) is 0 Å². The van der Waals surface area contributed by atoms with Crippen LogP contribution in [0.4, 0.5) is 17.6 Å². The topological polar surface area (TPSA) is 52.8 Å². The van der Waals surface area contributed by atoms with Crippen LogP contribution in [0.5, 0.6) is 5.88 Å². The minimum Gasteiger partial charge on any atom is -0.480 e. The van der Waals surface area contributed by atoms with E-state index in [0.717, 1.165) is 17.9 Å². The molecule has 9 heteroatoms. The number of nitrogens with zero attached hydrogens (tertiary/aromatic N) is 4. The van der Waals surface area contributed by atoms with Crippen molar-refractivity contribution >= 4 is 0 Å². The van der Waals surface area contributed by atoms with Gasteiger partial charge in [0.1, 0.15) is 11.4 Å². The highest BCUT2D eigenvalue weighted by Crippen LogP contribution is 2.41. The van der Waals surface area contributed by atoms with Crippen LogP contribution in [-0.2, 0) is 6.18 Å². The summed E-state index contributed by atoms with van der Waals surface area (Å²) in [4.78, 5) is 7.61. The van der Waals surface area contributed by atoms with E-state index >= 15 is 0 Å². The molecule has 0 N–H and O–H groups in total. The summed E-state index contributed by atoms with van der Waals surface area (Å²) in [5.41, 5.74) is -2.16. The molecule has 5 nitrogen and oxygen atoms in total. The Balaban J connectivity index is 2.35. The molecule has 0 bridgehead atoms. The van der Waals surface area contributed by atoms with Gasteiger partial charge in [-0.25, -0.2) is 14.1 Å². The first-order chi connectivity index (χ1) is 11.4. The van der Waals surface area contributed by atoms with Crippen molar-refractivity contribution in [2.45, 2.75) is 6.18 Å². The number of rotatable bonds is 3. The molecule has 0 radical (unpaired) electrons. The first kappa shape index (κ1) is 15.9. The summed E-state index contributed by atoms with van der Waals surface area (Å²) in [6.45, 7) is 0. The van der Waals surface area contributed by atoms with E-state index in [9.17, 15) is 17.6 Å². The number of alkyl halides is 3. The molecule has 24 heavy (non-hydrogen) atoms. The average molecular weight is 338 g/mol. The standard InChI is InChI=1S/C15H10F4N4O/c1-24-13-11(15(17,18)19)12(9-5-2-3-6-10(9)16)21-14(22-13)23-8-4-7-20-23/h2-8H,1H3. The van der Waals surface area contributed by atoms with Crippen molar-refractivity contribution in [3.8, 4) is 23.1 Å². The van der Waals surface area contributed by atoms with Crippen molar-refractivity contribution in [2.24, 2.45) is 0 Å². The molecule has 0 aliphatic carbocycles. The van der Waals surface area contributed by atoms with Gasteiger partial charge in [-0.15, -0.1) is 0 Å². The summed E-state index contributed by atoms with van der Waals surface area (Å²) in [6, 6.07) is 6.60. The molecule has 3 aromatic rings. The lowest BCUT2D eigenvalue weighted by Gasteiger charge is -2.16. The molecule has 0 unspecified atom stereocenters. The summed E-state index contributed by atoms with van der Waals surface area (Å²) in [5.74, 6) is -1.71. The zero-order valence-electron chi connectivity index (χ0n) is 12.3. The fourth-order valence-corrected chi connectivity index (χ4v) is 2.17. The van der Waals surface area contributed by atoms with Crippen LogP contribution in [0.1, 0.15) is 5.56 Å². The van der Waals surface area contributed by atoms with Crippen molar-refractivity contribution in [2.75, 3.05) is 7.11 Å². The van der Waals surface area contributed by atoms with E-state index < -0.39 is 29.1 Å². The molecule has 0 spiro atoms. The third kappa shape index (κ3) is 2.80. The molecule has 0 fully saturated rings. The largest absolute Gasteiger partial charge is 0.480 e. The first-order valence-corrected chi connectivity index (χ1v) is 6.70. The van der Waals surface area contributed by atoms with Gasteiger partial charge in [-0.1, -0.05) is 12.1 Å². The smallest absolute Gasteiger partial charge is 0.423 e. The third-order valence-electron chi connectivity index (χ3n) is 3.18. The van der Waals surface area contributed by atoms with Crippen LogP contribution in [0.25, 0.3) is 17.2 Å². The van der Waals surface area contributed by atoms with E-state index in [2.05, 4.69) is 15.1 Å². The third-order valence-corrected chi connectivity index (χ3v) is 3.18. The second-order valence-electron chi connectivity index (χ2n) is 4.68. The van der Waals surface area contributed by atoms with Crippen LogP contribution < -0.4 is 4.74 Å². The van der Waals surface area contributed by atoms with Gasteiger partial charge in [0.2, 0.25) is 5.88 Å². The fraction of sp³-hybridized carbons (Fsp3) is 0.133. The van der Waals surface area contributed by atoms with Gasteiger partial charge in [0.05, 0.1) is 12.8 Å². The molecule has 0 saturated carbocycles. The zero-order chi connectivity index (χ0) is 17.3. The van der Waals surface area contributed by atoms with Gasteiger partial charge in [0.25, 0.3) is 5.95 Å². The van der Waals surface area contributed by atoms with Crippen molar-refractivity contribution in [3.05, 3.63) is 54.1 Å². The Bertz CT molecular complexity index is 862. The average Bonchev–Trinajstić information content (AvgIpc) is 3.07. The molecule has 124 valence electrons. The molecule has 2 aromatic heterocycles. The lowest BCUT2D eigenvalue weighted by Crippen LogP contribution is -2.15. The minimum atomic E-state index is -4.83. The highest BCUT2D eigenvalue weighted by Gasteiger charge is 2.40. The van der Waals surface area contributed by atoms with E-state index in [4.69, 9.17) is 4.74 Å². The Morgan fingerprint density at radius 3 is 2.42 bits per heavy atom. The van der Waals surface area contributed by atoms with Gasteiger partial charge in [-0.2, -0.15) is 23.3 Å². The molecule has 0 amide bonds. The molecule has 3 rings (SSSR count). The van der Waals surface area contributed by atoms with Crippen LogP contribution in [0.3, 0.4) is 0 Å². The maximum absolute atomic E-state index is 14.1. The Kier molecular flexibility index (Phi) is 3.92. The van der Waals surface area contributed by atoms with Gasteiger partial charge < -0.3 is 4.74 Å². The van der Waals surface area contributed by atoms with E-state index in [1.807, 2.05) is 0 Å². The molecule has 2 heterocycles. The second-order valence-corrected chi connectivity index (χ2v) is 4.68. The van der Waals surface area contributed by atoms with Crippen molar-refractivity contribution in [1.29, 1.82) is 0 Å².